The van der Waals surface area contributed by atoms with E-state index >= 15 is 0 Å². The molecule has 7 heteroatoms. The summed E-state index contributed by atoms with van der Waals surface area (Å²) in [6.45, 7) is 1.47. The summed E-state index contributed by atoms with van der Waals surface area (Å²) in [6.07, 6.45) is 1.65. The molecule has 0 bridgehead atoms. The summed E-state index contributed by atoms with van der Waals surface area (Å²) in [4.78, 5) is 19.9. The normalized spacial score (nSPS) is 9.83. The van der Waals surface area contributed by atoms with Crippen molar-refractivity contribution >= 4 is 5.82 Å². The third kappa shape index (κ3) is 3.46. The molecular weight excluding hydrogens is 236 g/mol. The third-order valence-corrected chi connectivity index (χ3v) is 2.35. The number of aromatic nitrogens is 2. The maximum Gasteiger partial charge on any atom is 0.295 e. The van der Waals surface area contributed by atoms with Gasteiger partial charge < -0.3 is 19.4 Å². The second-order valence-corrected chi connectivity index (χ2v) is 3.48. The van der Waals surface area contributed by atoms with E-state index in [4.69, 9.17) is 14.7 Å². The number of hydrogen-bond acceptors (Lipinski definition) is 6. The number of aromatic amines is 1. The minimum atomic E-state index is -0.345. The summed E-state index contributed by atoms with van der Waals surface area (Å²) in [6, 6.07) is 2.06. The van der Waals surface area contributed by atoms with Gasteiger partial charge >= 0.3 is 0 Å². The van der Waals surface area contributed by atoms with Crippen molar-refractivity contribution in [2.75, 3.05) is 38.8 Å². The lowest BCUT2D eigenvalue weighted by atomic mass is 10.3. The lowest BCUT2D eigenvalue weighted by molar-refractivity contribution is 0.205. The highest BCUT2D eigenvalue weighted by Crippen LogP contribution is 2.20. The summed E-state index contributed by atoms with van der Waals surface area (Å²) >= 11 is 0. The van der Waals surface area contributed by atoms with E-state index in [1.54, 1.807) is 12.0 Å². The van der Waals surface area contributed by atoms with E-state index in [2.05, 4.69) is 16.0 Å². The standard InChI is InChI=1S/C11H16N4O3/c1-17-7-6-15(5-3-4-12)10-9(18-2)11(16)14-8-13-10/h8H,3,5-7H2,1-2H3,(H,13,14,16). The molecule has 0 amide bonds. The number of hydrogen-bond donors (Lipinski definition) is 1. The fourth-order valence-electron chi connectivity index (χ4n) is 1.50. The average Bonchev–Trinajstić information content (AvgIpc) is 2.39. The lowest BCUT2D eigenvalue weighted by Crippen LogP contribution is -2.31. The molecule has 0 saturated carbocycles. The molecule has 1 rings (SSSR count). The fraction of sp³-hybridized carbons (Fsp3) is 0.545. The number of H-pyrrole nitrogens is 1. The van der Waals surface area contributed by atoms with Crippen LogP contribution in [-0.4, -0.2) is 43.9 Å². The van der Waals surface area contributed by atoms with Crippen molar-refractivity contribution in [3.05, 3.63) is 16.7 Å². The number of nitrogens with zero attached hydrogens (tertiary/aromatic N) is 3. The predicted octanol–water partition coefficient (Wildman–Crippen LogP) is 0.145. The second-order valence-electron chi connectivity index (χ2n) is 3.48. The maximum absolute atomic E-state index is 11.6. The summed E-state index contributed by atoms with van der Waals surface area (Å²) in [5.74, 6) is 0.570. The molecule has 0 unspecified atom stereocenters. The highest BCUT2D eigenvalue weighted by Gasteiger charge is 2.16. The van der Waals surface area contributed by atoms with E-state index in [1.165, 1.54) is 13.4 Å². The van der Waals surface area contributed by atoms with Gasteiger partial charge in [-0.25, -0.2) is 4.98 Å². The Morgan fingerprint density at radius 2 is 2.28 bits per heavy atom. The van der Waals surface area contributed by atoms with Crippen LogP contribution in [-0.2, 0) is 4.74 Å². The number of nitrogens with one attached hydrogen (secondary N) is 1. The average molecular weight is 252 g/mol. The van der Waals surface area contributed by atoms with Gasteiger partial charge in [-0.3, -0.25) is 4.79 Å². The van der Waals surface area contributed by atoms with E-state index in [0.29, 0.717) is 31.9 Å². The van der Waals surface area contributed by atoms with Crippen molar-refractivity contribution in [1.82, 2.24) is 9.97 Å². The van der Waals surface area contributed by atoms with E-state index in [-0.39, 0.29) is 11.3 Å². The summed E-state index contributed by atoms with van der Waals surface area (Å²) in [5, 5.41) is 8.64. The minimum absolute atomic E-state index is 0.145. The van der Waals surface area contributed by atoms with Crippen LogP contribution < -0.4 is 15.2 Å². The van der Waals surface area contributed by atoms with Gasteiger partial charge in [0.2, 0.25) is 5.75 Å². The van der Waals surface area contributed by atoms with Crippen molar-refractivity contribution in [3.8, 4) is 11.8 Å². The van der Waals surface area contributed by atoms with Crippen LogP contribution >= 0.6 is 0 Å². The van der Waals surface area contributed by atoms with Gasteiger partial charge in [-0.2, -0.15) is 5.26 Å². The largest absolute Gasteiger partial charge is 0.489 e. The summed E-state index contributed by atoms with van der Waals surface area (Å²) in [5.41, 5.74) is -0.345. The van der Waals surface area contributed by atoms with Gasteiger partial charge in [0, 0.05) is 20.2 Å². The Balaban J connectivity index is 3.00. The van der Waals surface area contributed by atoms with Crippen LogP contribution in [0.3, 0.4) is 0 Å². The van der Waals surface area contributed by atoms with Crippen molar-refractivity contribution in [1.29, 1.82) is 5.26 Å². The van der Waals surface area contributed by atoms with Gasteiger partial charge in [0.05, 0.1) is 32.5 Å². The number of anilines is 1. The molecule has 0 fully saturated rings. The van der Waals surface area contributed by atoms with Crippen LogP contribution in [0, 0.1) is 11.3 Å². The van der Waals surface area contributed by atoms with Gasteiger partial charge in [-0.15, -0.1) is 0 Å². The quantitative estimate of drug-likeness (QED) is 0.742. The van der Waals surface area contributed by atoms with Gasteiger partial charge in [0.1, 0.15) is 0 Å². The van der Waals surface area contributed by atoms with Gasteiger partial charge in [0.15, 0.2) is 5.82 Å². The van der Waals surface area contributed by atoms with Crippen LogP contribution in [0.15, 0.2) is 11.1 Å². The molecule has 18 heavy (non-hydrogen) atoms. The molecule has 7 nitrogen and oxygen atoms in total. The minimum Gasteiger partial charge on any atom is -0.489 e. The third-order valence-electron chi connectivity index (χ3n) is 2.35. The zero-order valence-corrected chi connectivity index (χ0v) is 10.5. The number of nitriles is 1. The summed E-state index contributed by atoms with van der Waals surface area (Å²) < 4.78 is 10.0. The topological polar surface area (TPSA) is 91.2 Å². The van der Waals surface area contributed by atoms with Crippen molar-refractivity contribution in [3.63, 3.8) is 0 Å². The molecular formula is C11H16N4O3. The molecule has 1 aromatic heterocycles. The predicted molar refractivity (Wildman–Crippen MR) is 65.7 cm³/mol. The Hall–Kier alpha value is -2.07. The Kier molecular flexibility index (Phi) is 5.67. The Morgan fingerprint density at radius 3 is 2.89 bits per heavy atom. The monoisotopic (exact) mass is 252 g/mol. The highest BCUT2D eigenvalue weighted by molar-refractivity contribution is 5.50. The van der Waals surface area contributed by atoms with Gasteiger partial charge in [0.25, 0.3) is 5.56 Å². The van der Waals surface area contributed by atoms with Crippen LogP contribution in [0.1, 0.15) is 6.42 Å². The van der Waals surface area contributed by atoms with E-state index < -0.39 is 0 Å². The van der Waals surface area contributed by atoms with Crippen molar-refractivity contribution in [2.24, 2.45) is 0 Å². The molecule has 1 aromatic rings. The van der Waals surface area contributed by atoms with Gasteiger partial charge in [-0.05, 0) is 0 Å². The molecule has 98 valence electrons. The lowest BCUT2D eigenvalue weighted by Gasteiger charge is -2.23. The van der Waals surface area contributed by atoms with Crippen LogP contribution in [0.5, 0.6) is 5.75 Å². The molecule has 0 atom stereocenters. The van der Waals surface area contributed by atoms with Crippen molar-refractivity contribution in [2.45, 2.75) is 6.42 Å². The first-order valence-electron chi connectivity index (χ1n) is 5.47. The highest BCUT2D eigenvalue weighted by atomic mass is 16.5. The Morgan fingerprint density at radius 1 is 1.50 bits per heavy atom. The van der Waals surface area contributed by atoms with Crippen LogP contribution in [0.4, 0.5) is 5.82 Å². The maximum atomic E-state index is 11.6. The van der Waals surface area contributed by atoms with Crippen LogP contribution in [0.25, 0.3) is 0 Å². The molecule has 0 aliphatic heterocycles. The number of ether oxygens (including phenoxy) is 2. The number of rotatable bonds is 7. The first kappa shape index (κ1) is 14.0. The first-order chi connectivity index (χ1) is 8.74. The molecule has 1 N–H and O–H groups in total. The Labute approximate surface area is 105 Å². The molecule has 0 spiro atoms. The molecule has 0 aromatic carbocycles. The zero-order chi connectivity index (χ0) is 13.4. The fourth-order valence-corrected chi connectivity index (χ4v) is 1.50. The first-order valence-corrected chi connectivity index (χ1v) is 5.47. The molecule has 0 aliphatic rings. The molecule has 0 saturated heterocycles. The summed E-state index contributed by atoms with van der Waals surface area (Å²) in [7, 11) is 3.00. The molecule has 1 heterocycles. The second kappa shape index (κ2) is 7.29. The molecule has 0 aliphatic carbocycles. The SMILES string of the molecule is COCCN(CCC#N)c1nc[nH]c(=O)c1OC. The van der Waals surface area contributed by atoms with E-state index in [9.17, 15) is 4.79 Å². The molecule has 0 radical (unpaired) electrons. The van der Waals surface area contributed by atoms with E-state index in [0.717, 1.165) is 0 Å². The zero-order valence-electron chi connectivity index (χ0n) is 10.5. The smallest absolute Gasteiger partial charge is 0.295 e. The van der Waals surface area contributed by atoms with E-state index in [1.807, 2.05) is 0 Å². The van der Waals surface area contributed by atoms with Crippen LogP contribution in [0.2, 0.25) is 0 Å². The Bertz CT molecular complexity index is 466. The van der Waals surface area contributed by atoms with Gasteiger partial charge in [-0.1, -0.05) is 0 Å². The number of methoxy groups -OCH3 is 2. The van der Waals surface area contributed by atoms with Crippen molar-refractivity contribution < 1.29 is 9.47 Å².